The molecule has 3 aromatic rings. The van der Waals surface area contributed by atoms with Crippen LogP contribution in [-0.2, 0) is 14.4 Å². The highest BCUT2D eigenvalue weighted by Gasteiger charge is 2.47. The average molecular weight is 507 g/mol. The standard InChI is InChI=1S/C27H23ClN2O6/c1-15(31)29-19-9-11-20(12-10-19)30-24(17-6-13-21(35-2)22(14-17)36-3)23(26(33)27(30)34)25(32)16-4-7-18(28)8-5-16/h4-14,24,32H,1-3H3,(H,29,31)/b25-23+. The first-order valence-electron chi connectivity index (χ1n) is 10.9. The zero-order valence-electron chi connectivity index (χ0n) is 19.7. The fourth-order valence-corrected chi connectivity index (χ4v) is 4.24. The predicted molar refractivity (Wildman–Crippen MR) is 137 cm³/mol. The Morgan fingerprint density at radius 1 is 0.944 bits per heavy atom. The number of halogens is 1. The summed E-state index contributed by atoms with van der Waals surface area (Å²) < 4.78 is 10.8. The molecule has 0 aromatic heterocycles. The zero-order valence-corrected chi connectivity index (χ0v) is 20.5. The number of rotatable bonds is 6. The van der Waals surface area contributed by atoms with E-state index in [2.05, 4.69) is 5.32 Å². The molecule has 1 aliphatic heterocycles. The molecule has 0 aliphatic carbocycles. The second-order valence-corrected chi connectivity index (χ2v) is 8.45. The Hall–Kier alpha value is -4.30. The van der Waals surface area contributed by atoms with Gasteiger partial charge >= 0.3 is 0 Å². The van der Waals surface area contributed by atoms with Crippen molar-refractivity contribution in [2.24, 2.45) is 0 Å². The minimum Gasteiger partial charge on any atom is -0.507 e. The first-order valence-corrected chi connectivity index (χ1v) is 11.3. The molecule has 184 valence electrons. The second kappa shape index (κ2) is 10.1. The number of carbonyl (C=O) groups excluding carboxylic acids is 3. The SMILES string of the molecule is COc1ccc(C2/C(=C(\O)c3ccc(Cl)cc3)C(=O)C(=O)N2c2ccc(NC(C)=O)cc2)cc1OC. The van der Waals surface area contributed by atoms with Crippen LogP contribution in [0.25, 0.3) is 5.76 Å². The number of nitrogens with one attached hydrogen (secondary N) is 1. The lowest BCUT2D eigenvalue weighted by atomic mass is 9.94. The number of aliphatic hydroxyl groups excluding tert-OH is 1. The van der Waals surface area contributed by atoms with Gasteiger partial charge in [-0.2, -0.15) is 0 Å². The minimum atomic E-state index is -0.966. The molecule has 0 bridgehead atoms. The van der Waals surface area contributed by atoms with Gasteiger partial charge in [0, 0.05) is 28.9 Å². The number of methoxy groups -OCH3 is 2. The number of carbonyl (C=O) groups is 3. The Kier molecular flexibility index (Phi) is 6.98. The van der Waals surface area contributed by atoms with E-state index in [1.807, 2.05) is 0 Å². The highest BCUT2D eigenvalue weighted by atomic mass is 35.5. The summed E-state index contributed by atoms with van der Waals surface area (Å²) in [5.41, 5.74) is 1.71. The molecule has 1 unspecified atom stereocenters. The molecule has 0 spiro atoms. The Balaban J connectivity index is 1.91. The van der Waals surface area contributed by atoms with E-state index in [-0.39, 0.29) is 17.2 Å². The second-order valence-electron chi connectivity index (χ2n) is 8.02. The van der Waals surface area contributed by atoms with Gasteiger partial charge in [0.05, 0.1) is 25.8 Å². The van der Waals surface area contributed by atoms with Crippen molar-refractivity contribution in [3.63, 3.8) is 0 Å². The molecule has 1 aliphatic rings. The van der Waals surface area contributed by atoms with E-state index in [0.717, 1.165) is 0 Å². The molecule has 36 heavy (non-hydrogen) atoms. The predicted octanol–water partition coefficient (Wildman–Crippen LogP) is 4.94. The van der Waals surface area contributed by atoms with Crippen molar-refractivity contribution in [3.8, 4) is 11.5 Å². The number of ketones is 1. The fraction of sp³-hybridized carbons (Fsp3) is 0.148. The van der Waals surface area contributed by atoms with Crippen LogP contribution in [-0.4, -0.2) is 36.9 Å². The maximum atomic E-state index is 13.3. The van der Waals surface area contributed by atoms with Gasteiger partial charge in [-0.1, -0.05) is 17.7 Å². The van der Waals surface area contributed by atoms with Gasteiger partial charge in [0.1, 0.15) is 5.76 Å². The van der Waals surface area contributed by atoms with Crippen LogP contribution in [0, 0.1) is 0 Å². The summed E-state index contributed by atoms with van der Waals surface area (Å²) in [7, 11) is 2.98. The molecule has 0 radical (unpaired) electrons. The van der Waals surface area contributed by atoms with Gasteiger partial charge in [0.15, 0.2) is 11.5 Å². The minimum absolute atomic E-state index is 0.0829. The molecule has 8 nitrogen and oxygen atoms in total. The molecule has 2 amide bonds. The van der Waals surface area contributed by atoms with Crippen LogP contribution in [0.1, 0.15) is 24.1 Å². The van der Waals surface area contributed by atoms with Crippen molar-refractivity contribution >= 4 is 46.3 Å². The quantitative estimate of drug-likeness (QED) is 0.279. The normalized spacial score (nSPS) is 16.7. The fourth-order valence-electron chi connectivity index (χ4n) is 4.11. The van der Waals surface area contributed by atoms with Crippen molar-refractivity contribution < 1.29 is 29.0 Å². The van der Waals surface area contributed by atoms with Gasteiger partial charge in [0.2, 0.25) is 5.91 Å². The lowest BCUT2D eigenvalue weighted by Gasteiger charge is -2.26. The maximum Gasteiger partial charge on any atom is 0.300 e. The molecular weight excluding hydrogens is 484 g/mol. The summed E-state index contributed by atoms with van der Waals surface area (Å²) >= 11 is 5.98. The molecule has 1 heterocycles. The van der Waals surface area contributed by atoms with E-state index in [1.165, 1.54) is 26.0 Å². The third-order valence-electron chi connectivity index (χ3n) is 5.75. The number of benzene rings is 3. The number of nitrogens with zero attached hydrogens (tertiary/aromatic N) is 1. The Morgan fingerprint density at radius 2 is 1.58 bits per heavy atom. The number of anilines is 2. The summed E-state index contributed by atoms with van der Waals surface area (Å²) in [6.07, 6.45) is 0. The van der Waals surface area contributed by atoms with Crippen LogP contribution in [0.2, 0.25) is 5.02 Å². The van der Waals surface area contributed by atoms with Gasteiger partial charge in [-0.25, -0.2) is 0 Å². The maximum absolute atomic E-state index is 13.3. The smallest absolute Gasteiger partial charge is 0.300 e. The number of amides is 2. The van der Waals surface area contributed by atoms with Crippen LogP contribution in [0.3, 0.4) is 0 Å². The van der Waals surface area contributed by atoms with E-state index in [0.29, 0.717) is 39.0 Å². The molecule has 3 aromatic carbocycles. The lowest BCUT2D eigenvalue weighted by molar-refractivity contribution is -0.132. The Morgan fingerprint density at radius 3 is 2.17 bits per heavy atom. The number of hydrogen-bond donors (Lipinski definition) is 2. The third kappa shape index (κ3) is 4.63. The largest absolute Gasteiger partial charge is 0.507 e. The lowest BCUT2D eigenvalue weighted by Crippen LogP contribution is -2.29. The average Bonchev–Trinajstić information content (AvgIpc) is 3.14. The zero-order chi connectivity index (χ0) is 26.0. The van der Waals surface area contributed by atoms with Gasteiger partial charge in [-0.3, -0.25) is 19.3 Å². The molecule has 9 heteroatoms. The Bertz CT molecular complexity index is 1370. The highest BCUT2D eigenvalue weighted by molar-refractivity contribution is 6.51. The van der Waals surface area contributed by atoms with Crippen molar-refractivity contribution in [1.29, 1.82) is 0 Å². The number of hydrogen-bond acceptors (Lipinski definition) is 6. The van der Waals surface area contributed by atoms with E-state index >= 15 is 0 Å². The van der Waals surface area contributed by atoms with Crippen molar-refractivity contribution in [1.82, 2.24) is 0 Å². The summed E-state index contributed by atoms with van der Waals surface area (Å²) in [5.74, 6) is -1.35. The van der Waals surface area contributed by atoms with Gasteiger partial charge < -0.3 is 19.9 Å². The van der Waals surface area contributed by atoms with Crippen LogP contribution in [0.4, 0.5) is 11.4 Å². The summed E-state index contributed by atoms with van der Waals surface area (Å²) in [6.45, 7) is 1.39. The molecule has 1 fully saturated rings. The van der Waals surface area contributed by atoms with Crippen molar-refractivity contribution in [2.75, 3.05) is 24.4 Å². The summed E-state index contributed by atoms with van der Waals surface area (Å²) in [4.78, 5) is 39.3. The molecule has 0 saturated carbocycles. The monoisotopic (exact) mass is 506 g/mol. The Labute approximate surface area is 212 Å². The van der Waals surface area contributed by atoms with Gasteiger partial charge in [-0.05, 0) is 66.2 Å². The summed E-state index contributed by atoms with van der Waals surface area (Å²) in [6, 6.07) is 16.8. The van der Waals surface area contributed by atoms with Crippen LogP contribution >= 0.6 is 11.6 Å². The van der Waals surface area contributed by atoms with Gasteiger partial charge in [0.25, 0.3) is 11.7 Å². The number of Topliss-reactive ketones (excluding diaryl/α,β-unsaturated/α-hetero) is 1. The number of aliphatic hydroxyl groups is 1. The molecule has 4 rings (SSSR count). The number of ether oxygens (including phenoxy) is 2. The van der Waals surface area contributed by atoms with E-state index < -0.39 is 17.7 Å². The van der Waals surface area contributed by atoms with E-state index in [1.54, 1.807) is 66.7 Å². The highest BCUT2D eigenvalue weighted by Crippen LogP contribution is 2.44. The van der Waals surface area contributed by atoms with Crippen LogP contribution in [0.15, 0.2) is 72.3 Å². The van der Waals surface area contributed by atoms with Crippen LogP contribution in [0.5, 0.6) is 11.5 Å². The first kappa shape index (κ1) is 24.8. The summed E-state index contributed by atoms with van der Waals surface area (Å²) in [5, 5.41) is 14.3. The van der Waals surface area contributed by atoms with E-state index in [4.69, 9.17) is 21.1 Å². The van der Waals surface area contributed by atoms with Crippen LogP contribution < -0.4 is 19.7 Å². The molecule has 1 atom stereocenters. The molecule has 1 saturated heterocycles. The molecule has 2 N–H and O–H groups in total. The first-order chi connectivity index (χ1) is 17.2. The molecular formula is C27H23ClN2O6. The topological polar surface area (TPSA) is 105 Å². The van der Waals surface area contributed by atoms with Gasteiger partial charge in [-0.15, -0.1) is 0 Å². The van der Waals surface area contributed by atoms with Crippen molar-refractivity contribution in [2.45, 2.75) is 13.0 Å². The third-order valence-corrected chi connectivity index (χ3v) is 6.00. The van der Waals surface area contributed by atoms with E-state index in [9.17, 15) is 19.5 Å². The van der Waals surface area contributed by atoms with Crippen molar-refractivity contribution in [3.05, 3.63) is 88.5 Å².